The van der Waals surface area contributed by atoms with E-state index in [0.29, 0.717) is 0 Å². The fourth-order valence-corrected chi connectivity index (χ4v) is 1.56. The van der Waals surface area contributed by atoms with Gasteiger partial charge in [0.1, 0.15) is 0 Å². The van der Waals surface area contributed by atoms with Crippen molar-refractivity contribution < 1.29 is 4.74 Å². The zero-order valence-corrected chi connectivity index (χ0v) is 10.4. The highest BCUT2D eigenvalue weighted by Gasteiger charge is 1.88. The van der Waals surface area contributed by atoms with Crippen molar-refractivity contribution in [3.05, 3.63) is 0 Å². The Morgan fingerprint density at radius 1 is 0.900 bits per heavy atom. The number of unbranched alkanes of at least 4 members (excludes halogenated alkanes) is 3. The lowest BCUT2D eigenvalue weighted by Gasteiger charge is -1.98. The van der Waals surface area contributed by atoms with Crippen LogP contribution < -0.4 is 0 Å². The van der Waals surface area contributed by atoms with E-state index < -0.39 is 0 Å². The summed E-state index contributed by atoms with van der Waals surface area (Å²) in [5, 5.41) is 0. The highest BCUT2D eigenvalue weighted by Crippen LogP contribution is 2.02. The van der Waals surface area contributed by atoms with Gasteiger partial charge in [0.2, 0.25) is 0 Å². The minimum Gasteiger partial charge on any atom is -0.371 e. The highest BCUT2D eigenvalue weighted by atomic mass is 127. The SMILES string of the molecule is ICCCCCCOCI. The van der Waals surface area contributed by atoms with E-state index in [2.05, 4.69) is 45.2 Å². The van der Waals surface area contributed by atoms with Gasteiger partial charge in [-0.05, 0) is 17.3 Å². The smallest absolute Gasteiger partial charge is 0.0979 e. The van der Waals surface area contributed by atoms with E-state index >= 15 is 0 Å². The molecule has 0 saturated heterocycles. The fraction of sp³-hybridized carbons (Fsp3) is 1.00. The van der Waals surface area contributed by atoms with Crippen LogP contribution in [-0.2, 0) is 4.74 Å². The van der Waals surface area contributed by atoms with Crippen LogP contribution in [0.5, 0.6) is 0 Å². The van der Waals surface area contributed by atoms with Crippen LogP contribution in [0.15, 0.2) is 0 Å². The van der Waals surface area contributed by atoms with Crippen molar-refractivity contribution in [2.75, 3.05) is 15.6 Å². The van der Waals surface area contributed by atoms with Gasteiger partial charge >= 0.3 is 0 Å². The maximum Gasteiger partial charge on any atom is 0.0979 e. The molecule has 0 aliphatic rings. The van der Waals surface area contributed by atoms with Crippen molar-refractivity contribution in [2.45, 2.75) is 25.7 Å². The predicted molar refractivity (Wildman–Crippen MR) is 62.2 cm³/mol. The molecule has 62 valence electrons. The molecule has 0 aliphatic heterocycles. The molecule has 0 aromatic rings. The van der Waals surface area contributed by atoms with Crippen LogP contribution in [0.4, 0.5) is 0 Å². The van der Waals surface area contributed by atoms with E-state index in [9.17, 15) is 0 Å². The van der Waals surface area contributed by atoms with E-state index in [1.54, 1.807) is 0 Å². The van der Waals surface area contributed by atoms with E-state index in [4.69, 9.17) is 4.74 Å². The van der Waals surface area contributed by atoms with Gasteiger partial charge < -0.3 is 4.74 Å². The third kappa shape index (κ3) is 9.42. The lowest BCUT2D eigenvalue weighted by atomic mass is 10.2. The average Bonchev–Trinajstić information content (AvgIpc) is 1.97. The monoisotopic (exact) mass is 368 g/mol. The van der Waals surface area contributed by atoms with Crippen molar-refractivity contribution in [3.8, 4) is 0 Å². The molecule has 0 saturated carbocycles. The Morgan fingerprint density at radius 2 is 1.60 bits per heavy atom. The Bertz CT molecular complexity index is 51.6. The summed E-state index contributed by atoms with van der Waals surface area (Å²) in [7, 11) is 0. The molecule has 0 unspecified atom stereocenters. The van der Waals surface area contributed by atoms with Gasteiger partial charge in [0.05, 0.1) is 4.61 Å². The van der Waals surface area contributed by atoms with Crippen LogP contribution in [0.25, 0.3) is 0 Å². The van der Waals surface area contributed by atoms with Crippen LogP contribution >= 0.6 is 45.2 Å². The number of hydrogen-bond acceptors (Lipinski definition) is 1. The fourth-order valence-electron chi connectivity index (χ4n) is 0.707. The van der Waals surface area contributed by atoms with Gasteiger partial charge in [0, 0.05) is 6.61 Å². The second kappa shape index (κ2) is 10.4. The average molecular weight is 368 g/mol. The standard InChI is InChI=1S/C7H14I2O/c8-5-3-1-2-4-6-10-7-9/h1-7H2. The summed E-state index contributed by atoms with van der Waals surface area (Å²) < 4.78 is 7.33. The molecule has 0 fully saturated rings. The van der Waals surface area contributed by atoms with Gasteiger partial charge in [-0.2, -0.15) is 0 Å². The maximum atomic E-state index is 5.20. The lowest BCUT2D eigenvalue weighted by molar-refractivity contribution is 0.185. The van der Waals surface area contributed by atoms with Gasteiger partial charge in [-0.3, -0.25) is 0 Å². The maximum absolute atomic E-state index is 5.20. The topological polar surface area (TPSA) is 9.23 Å². The van der Waals surface area contributed by atoms with Crippen molar-refractivity contribution in [1.29, 1.82) is 0 Å². The highest BCUT2D eigenvalue weighted by molar-refractivity contribution is 14.1. The van der Waals surface area contributed by atoms with E-state index in [1.807, 2.05) is 0 Å². The third-order valence-corrected chi connectivity index (χ3v) is 2.45. The zero-order valence-electron chi connectivity index (χ0n) is 6.11. The molecule has 0 heterocycles. The molecule has 0 rings (SSSR count). The van der Waals surface area contributed by atoms with Crippen molar-refractivity contribution in [1.82, 2.24) is 0 Å². The summed E-state index contributed by atoms with van der Waals surface area (Å²) in [4.78, 5) is 0. The summed E-state index contributed by atoms with van der Waals surface area (Å²) in [5.41, 5.74) is 0. The molecule has 3 heteroatoms. The summed E-state index contributed by atoms with van der Waals surface area (Å²) >= 11 is 4.66. The molecule has 0 amide bonds. The molecule has 10 heavy (non-hydrogen) atoms. The third-order valence-electron chi connectivity index (χ3n) is 1.25. The number of alkyl halides is 2. The van der Waals surface area contributed by atoms with Gasteiger partial charge in [-0.1, -0.05) is 58.0 Å². The van der Waals surface area contributed by atoms with Crippen molar-refractivity contribution in [2.24, 2.45) is 0 Å². The van der Waals surface area contributed by atoms with Gasteiger partial charge in [0.15, 0.2) is 0 Å². The Labute approximate surface area is 90.6 Å². The van der Waals surface area contributed by atoms with Crippen LogP contribution in [-0.4, -0.2) is 15.6 Å². The number of hydrogen-bond donors (Lipinski definition) is 0. The van der Waals surface area contributed by atoms with Crippen LogP contribution in [0.3, 0.4) is 0 Å². The number of rotatable bonds is 7. The molecule has 0 aliphatic carbocycles. The summed E-state index contributed by atoms with van der Waals surface area (Å²) in [5.74, 6) is 0. The van der Waals surface area contributed by atoms with Crippen LogP contribution in [0, 0.1) is 0 Å². The van der Waals surface area contributed by atoms with E-state index in [-0.39, 0.29) is 0 Å². The Kier molecular flexibility index (Phi) is 11.9. The van der Waals surface area contributed by atoms with Crippen LogP contribution in [0.1, 0.15) is 25.7 Å². The first-order chi connectivity index (χ1) is 4.91. The lowest BCUT2D eigenvalue weighted by Crippen LogP contribution is -1.91. The molecule has 0 radical (unpaired) electrons. The first-order valence-corrected chi connectivity index (χ1v) is 6.66. The summed E-state index contributed by atoms with van der Waals surface area (Å²) in [6, 6.07) is 0. The Morgan fingerprint density at radius 3 is 2.20 bits per heavy atom. The molecule has 1 nitrogen and oxygen atoms in total. The predicted octanol–water partition coefficient (Wildman–Crippen LogP) is 3.39. The summed E-state index contributed by atoms with van der Waals surface area (Å²) in [6.07, 6.45) is 5.30. The van der Waals surface area contributed by atoms with Gasteiger partial charge in [-0.25, -0.2) is 0 Å². The quantitative estimate of drug-likeness (QED) is 0.380. The van der Waals surface area contributed by atoms with E-state index in [1.165, 1.54) is 30.1 Å². The second-order valence-electron chi connectivity index (χ2n) is 2.12. The molecule has 0 N–H and O–H groups in total. The van der Waals surface area contributed by atoms with E-state index in [0.717, 1.165) is 11.2 Å². The molecule has 0 spiro atoms. The molecule has 0 aromatic carbocycles. The van der Waals surface area contributed by atoms with Gasteiger partial charge in [-0.15, -0.1) is 0 Å². The zero-order chi connectivity index (χ0) is 7.66. The van der Waals surface area contributed by atoms with Crippen molar-refractivity contribution >= 4 is 45.2 Å². The minimum absolute atomic E-state index is 0.837. The van der Waals surface area contributed by atoms with Gasteiger partial charge in [0.25, 0.3) is 0 Å². The largest absolute Gasteiger partial charge is 0.371 e. The number of halogens is 2. The number of ether oxygens (including phenoxy) is 1. The molecule has 0 aromatic heterocycles. The normalized spacial score (nSPS) is 10.2. The van der Waals surface area contributed by atoms with Crippen molar-refractivity contribution in [3.63, 3.8) is 0 Å². The molecule has 0 atom stereocenters. The first-order valence-electron chi connectivity index (χ1n) is 3.61. The summed E-state index contributed by atoms with van der Waals surface area (Å²) in [6.45, 7) is 0.949. The minimum atomic E-state index is 0.837. The molecular formula is C7H14I2O. The molecular weight excluding hydrogens is 354 g/mol. The van der Waals surface area contributed by atoms with Crippen LogP contribution in [0.2, 0.25) is 0 Å². The molecule has 0 bridgehead atoms. The second-order valence-corrected chi connectivity index (χ2v) is 3.82. The Balaban J connectivity index is 2.65. The Hall–Kier alpha value is 1.42. The first kappa shape index (κ1) is 11.4.